The number of hydrogen-bond acceptors (Lipinski definition) is 2. The van der Waals surface area contributed by atoms with E-state index in [-0.39, 0.29) is 37.0 Å². The predicted octanol–water partition coefficient (Wildman–Crippen LogP) is 7.21. The van der Waals surface area contributed by atoms with Crippen molar-refractivity contribution in [1.82, 2.24) is 0 Å². The number of phenols is 2. The van der Waals surface area contributed by atoms with Crippen LogP contribution in [-0.4, -0.2) is 10.2 Å². The van der Waals surface area contributed by atoms with E-state index < -0.39 is 0 Å². The van der Waals surface area contributed by atoms with Crippen LogP contribution in [0.4, 0.5) is 0 Å². The largest absolute Gasteiger partial charge is 0.505 e. The molecule has 0 aliphatic heterocycles. The SMILES string of the molecule is CC1CCC(c2cc(Cl)c(O)c(Cl)c2)(c2cc(Cl)c(O)c(Cl)c2)CC1. The van der Waals surface area contributed by atoms with E-state index in [2.05, 4.69) is 6.92 Å². The maximum Gasteiger partial charge on any atom is 0.152 e. The summed E-state index contributed by atoms with van der Waals surface area (Å²) in [5.41, 5.74) is 1.48. The smallest absolute Gasteiger partial charge is 0.152 e. The number of aromatic hydroxyl groups is 2. The third-order valence-corrected chi connectivity index (χ3v) is 6.42. The molecule has 1 aliphatic carbocycles. The molecule has 0 heterocycles. The fourth-order valence-electron chi connectivity index (χ4n) is 3.68. The number of halogens is 4. The minimum atomic E-state index is -0.367. The summed E-state index contributed by atoms with van der Waals surface area (Å²) in [6.45, 7) is 2.23. The van der Waals surface area contributed by atoms with Crippen molar-refractivity contribution in [2.24, 2.45) is 5.92 Å². The van der Waals surface area contributed by atoms with Gasteiger partial charge >= 0.3 is 0 Å². The summed E-state index contributed by atoms with van der Waals surface area (Å²) in [5, 5.41) is 20.7. The molecule has 0 radical (unpaired) electrons. The van der Waals surface area contributed by atoms with Crippen LogP contribution in [0, 0.1) is 5.92 Å². The van der Waals surface area contributed by atoms with Gasteiger partial charge in [-0.2, -0.15) is 0 Å². The maximum atomic E-state index is 9.91. The van der Waals surface area contributed by atoms with Gasteiger partial charge < -0.3 is 10.2 Å². The minimum Gasteiger partial charge on any atom is -0.505 e. The molecule has 6 heteroatoms. The molecule has 0 aromatic heterocycles. The molecule has 0 amide bonds. The molecule has 0 atom stereocenters. The van der Waals surface area contributed by atoms with Gasteiger partial charge in [0, 0.05) is 5.41 Å². The van der Waals surface area contributed by atoms with Gasteiger partial charge in [-0.3, -0.25) is 0 Å². The highest BCUT2D eigenvalue weighted by molar-refractivity contribution is 6.37. The van der Waals surface area contributed by atoms with Crippen molar-refractivity contribution in [3.8, 4) is 11.5 Å². The molecule has 0 spiro atoms. The van der Waals surface area contributed by atoms with E-state index >= 15 is 0 Å². The Hall–Kier alpha value is -0.800. The summed E-state index contributed by atoms with van der Waals surface area (Å²) in [5.74, 6) is 0.389. The monoisotopic (exact) mass is 418 g/mol. The van der Waals surface area contributed by atoms with E-state index in [9.17, 15) is 10.2 Å². The molecule has 2 nitrogen and oxygen atoms in total. The Morgan fingerprint density at radius 1 is 0.760 bits per heavy atom. The van der Waals surface area contributed by atoms with Gasteiger partial charge in [0.25, 0.3) is 0 Å². The van der Waals surface area contributed by atoms with Gasteiger partial charge in [-0.25, -0.2) is 0 Å². The second kappa shape index (κ2) is 7.08. The molecule has 2 aromatic carbocycles. The fourth-order valence-corrected chi connectivity index (χ4v) is 4.66. The number of rotatable bonds is 2. The molecule has 1 fully saturated rings. The van der Waals surface area contributed by atoms with E-state index in [4.69, 9.17) is 46.4 Å². The van der Waals surface area contributed by atoms with Crippen LogP contribution in [0.5, 0.6) is 11.5 Å². The molecule has 134 valence electrons. The topological polar surface area (TPSA) is 40.5 Å². The summed E-state index contributed by atoms with van der Waals surface area (Å²) in [6, 6.07) is 7.03. The van der Waals surface area contributed by atoms with Gasteiger partial charge in [0.1, 0.15) is 0 Å². The Bertz CT molecular complexity index is 706. The molecule has 1 aliphatic rings. The van der Waals surface area contributed by atoms with Crippen LogP contribution in [-0.2, 0) is 5.41 Å². The van der Waals surface area contributed by atoms with E-state index in [1.54, 1.807) is 24.3 Å². The Kier molecular flexibility index (Phi) is 5.37. The van der Waals surface area contributed by atoms with Crippen molar-refractivity contribution in [3.63, 3.8) is 0 Å². The molecular formula is C19H18Cl4O2. The first-order chi connectivity index (χ1) is 11.7. The van der Waals surface area contributed by atoms with Crippen LogP contribution in [0.15, 0.2) is 24.3 Å². The summed E-state index contributed by atoms with van der Waals surface area (Å²) >= 11 is 24.7. The molecule has 2 N–H and O–H groups in total. The fraction of sp³-hybridized carbons (Fsp3) is 0.368. The Balaban J connectivity index is 2.22. The molecule has 2 aromatic rings. The average molecular weight is 420 g/mol. The van der Waals surface area contributed by atoms with Crippen LogP contribution in [0.1, 0.15) is 43.7 Å². The van der Waals surface area contributed by atoms with Crippen LogP contribution in [0.25, 0.3) is 0 Å². The molecule has 0 bridgehead atoms. The summed E-state index contributed by atoms with van der Waals surface area (Å²) in [7, 11) is 0. The standard InChI is InChI=1S/C19H18Cl4O2/c1-10-2-4-19(5-3-10,11-6-13(20)17(24)14(21)7-11)12-8-15(22)18(25)16(23)9-12/h6-10,24-25H,2-5H2,1H3. The van der Waals surface area contributed by atoms with Crippen molar-refractivity contribution in [1.29, 1.82) is 0 Å². The van der Waals surface area contributed by atoms with E-state index in [1.807, 2.05) is 0 Å². The van der Waals surface area contributed by atoms with E-state index in [0.717, 1.165) is 36.8 Å². The molecule has 3 rings (SSSR count). The van der Waals surface area contributed by atoms with Crippen LogP contribution >= 0.6 is 46.4 Å². The van der Waals surface area contributed by atoms with Crippen molar-refractivity contribution < 1.29 is 10.2 Å². The molecule has 1 saturated carbocycles. The van der Waals surface area contributed by atoms with Crippen LogP contribution in [0.3, 0.4) is 0 Å². The highest BCUT2D eigenvalue weighted by atomic mass is 35.5. The number of hydrogen-bond donors (Lipinski definition) is 2. The van der Waals surface area contributed by atoms with Gasteiger partial charge in [-0.05, 0) is 67.0 Å². The third-order valence-electron chi connectivity index (χ3n) is 5.27. The summed E-state index contributed by atoms with van der Waals surface area (Å²) in [6.07, 6.45) is 3.82. The number of phenolic OH excluding ortho intramolecular Hbond substituents is 2. The first kappa shape index (κ1) is 19.0. The first-order valence-electron chi connectivity index (χ1n) is 8.11. The average Bonchev–Trinajstić information content (AvgIpc) is 2.57. The molecular weight excluding hydrogens is 402 g/mol. The lowest BCUT2D eigenvalue weighted by molar-refractivity contribution is 0.280. The van der Waals surface area contributed by atoms with Gasteiger partial charge in [0.2, 0.25) is 0 Å². The lowest BCUT2D eigenvalue weighted by Gasteiger charge is -2.41. The van der Waals surface area contributed by atoms with E-state index in [1.165, 1.54) is 0 Å². The van der Waals surface area contributed by atoms with Crippen molar-refractivity contribution >= 4 is 46.4 Å². The van der Waals surface area contributed by atoms with Gasteiger partial charge in [0.15, 0.2) is 11.5 Å². The zero-order valence-electron chi connectivity index (χ0n) is 13.6. The first-order valence-corrected chi connectivity index (χ1v) is 9.63. The molecule has 25 heavy (non-hydrogen) atoms. The second-order valence-electron chi connectivity index (χ2n) is 6.84. The highest BCUT2D eigenvalue weighted by Crippen LogP contribution is 2.50. The lowest BCUT2D eigenvalue weighted by Crippen LogP contribution is -2.32. The normalized spacial score (nSPS) is 17.6. The zero-order chi connectivity index (χ0) is 18.4. The summed E-state index contributed by atoms with van der Waals surface area (Å²) < 4.78 is 0. The van der Waals surface area contributed by atoms with Crippen molar-refractivity contribution in [2.45, 2.75) is 38.0 Å². The lowest BCUT2D eigenvalue weighted by atomic mass is 9.63. The Labute approximate surface area is 167 Å². The van der Waals surface area contributed by atoms with E-state index in [0.29, 0.717) is 5.92 Å². The molecule has 0 saturated heterocycles. The Morgan fingerprint density at radius 2 is 1.08 bits per heavy atom. The van der Waals surface area contributed by atoms with Gasteiger partial charge in [0.05, 0.1) is 20.1 Å². The van der Waals surface area contributed by atoms with Crippen molar-refractivity contribution in [2.75, 3.05) is 0 Å². The van der Waals surface area contributed by atoms with Gasteiger partial charge in [-0.15, -0.1) is 0 Å². The maximum absolute atomic E-state index is 9.91. The predicted molar refractivity (Wildman–Crippen MR) is 105 cm³/mol. The quantitative estimate of drug-likeness (QED) is 0.539. The molecule has 0 unspecified atom stereocenters. The van der Waals surface area contributed by atoms with Gasteiger partial charge in [-0.1, -0.05) is 53.3 Å². The van der Waals surface area contributed by atoms with Crippen LogP contribution < -0.4 is 0 Å². The van der Waals surface area contributed by atoms with Crippen LogP contribution in [0.2, 0.25) is 20.1 Å². The highest BCUT2D eigenvalue weighted by Gasteiger charge is 2.39. The zero-order valence-corrected chi connectivity index (χ0v) is 16.6. The Morgan fingerprint density at radius 3 is 1.40 bits per heavy atom. The van der Waals surface area contributed by atoms with Crippen molar-refractivity contribution in [3.05, 3.63) is 55.5 Å². The minimum absolute atomic E-state index is 0.117. The number of benzene rings is 2. The second-order valence-corrected chi connectivity index (χ2v) is 8.47. The summed E-state index contributed by atoms with van der Waals surface area (Å²) in [4.78, 5) is 0. The third kappa shape index (κ3) is 3.42.